The molecule has 2 aromatic carbocycles. The number of hydrogen-bond acceptors (Lipinski definition) is 2. The smallest absolute Gasteiger partial charge is 0.127 e. The highest BCUT2D eigenvalue weighted by Gasteiger charge is 2.14. The maximum atomic E-state index is 13.6. The van der Waals surface area contributed by atoms with Crippen LogP contribution < -0.4 is 4.74 Å². The highest BCUT2D eigenvalue weighted by molar-refractivity contribution is 6.31. The van der Waals surface area contributed by atoms with Crippen LogP contribution in [-0.2, 0) is 6.42 Å². The third kappa shape index (κ3) is 3.25. The molecule has 0 radical (unpaired) electrons. The van der Waals surface area contributed by atoms with Crippen molar-refractivity contribution in [1.82, 2.24) is 0 Å². The van der Waals surface area contributed by atoms with Gasteiger partial charge in [0.15, 0.2) is 0 Å². The fourth-order valence-electron chi connectivity index (χ4n) is 1.86. The first kappa shape index (κ1) is 13.8. The lowest BCUT2D eigenvalue weighted by Gasteiger charge is -2.13. The molecular formula is C15H14ClFO2. The first-order valence-corrected chi connectivity index (χ1v) is 6.24. The molecule has 0 bridgehead atoms. The van der Waals surface area contributed by atoms with Crippen molar-refractivity contribution in [2.24, 2.45) is 0 Å². The van der Waals surface area contributed by atoms with Crippen molar-refractivity contribution < 1.29 is 14.2 Å². The lowest BCUT2D eigenvalue weighted by Crippen LogP contribution is -2.04. The van der Waals surface area contributed by atoms with Crippen molar-refractivity contribution in [1.29, 1.82) is 0 Å². The highest BCUT2D eigenvalue weighted by Crippen LogP contribution is 2.26. The minimum atomic E-state index is -0.805. The molecule has 1 N–H and O–H groups in total. The summed E-state index contributed by atoms with van der Waals surface area (Å²) >= 11 is 5.94. The van der Waals surface area contributed by atoms with E-state index in [1.807, 2.05) is 0 Å². The summed E-state index contributed by atoms with van der Waals surface area (Å²) in [7, 11) is 1.57. The largest absolute Gasteiger partial charge is 0.497 e. The first-order valence-electron chi connectivity index (χ1n) is 5.86. The van der Waals surface area contributed by atoms with Gasteiger partial charge < -0.3 is 9.84 Å². The minimum Gasteiger partial charge on any atom is -0.497 e. The Kier molecular flexibility index (Phi) is 4.40. The van der Waals surface area contributed by atoms with Gasteiger partial charge in [0.1, 0.15) is 11.6 Å². The van der Waals surface area contributed by atoms with Gasteiger partial charge in [0.25, 0.3) is 0 Å². The zero-order chi connectivity index (χ0) is 13.8. The van der Waals surface area contributed by atoms with Crippen LogP contribution in [0.2, 0.25) is 5.02 Å². The van der Waals surface area contributed by atoms with Crippen molar-refractivity contribution in [3.8, 4) is 5.75 Å². The van der Waals surface area contributed by atoms with E-state index in [1.54, 1.807) is 43.5 Å². The summed E-state index contributed by atoms with van der Waals surface area (Å²) in [6.07, 6.45) is -0.669. The summed E-state index contributed by atoms with van der Waals surface area (Å²) in [5, 5.41) is 10.4. The second-order valence-corrected chi connectivity index (χ2v) is 4.60. The van der Waals surface area contributed by atoms with Crippen LogP contribution in [0.5, 0.6) is 5.75 Å². The van der Waals surface area contributed by atoms with Gasteiger partial charge in [0.2, 0.25) is 0 Å². The summed E-state index contributed by atoms with van der Waals surface area (Å²) in [5.74, 6) is 0.305. The molecule has 0 spiro atoms. The molecule has 100 valence electrons. The van der Waals surface area contributed by atoms with Gasteiger partial charge in [-0.2, -0.15) is 0 Å². The summed E-state index contributed by atoms with van der Waals surface area (Å²) in [4.78, 5) is 0. The summed E-state index contributed by atoms with van der Waals surface area (Å²) < 4.78 is 18.7. The summed E-state index contributed by atoms with van der Waals surface area (Å²) in [5.41, 5.74) is 1.02. The predicted octanol–water partition coefficient (Wildman–Crippen LogP) is 3.76. The molecule has 19 heavy (non-hydrogen) atoms. The molecular weight excluding hydrogens is 267 g/mol. The van der Waals surface area contributed by atoms with Crippen LogP contribution in [0, 0.1) is 5.82 Å². The number of ether oxygens (including phenoxy) is 1. The zero-order valence-electron chi connectivity index (χ0n) is 10.4. The van der Waals surface area contributed by atoms with E-state index in [1.165, 1.54) is 6.07 Å². The Labute approximate surface area is 116 Å². The lowest BCUT2D eigenvalue weighted by molar-refractivity contribution is 0.177. The number of aliphatic hydroxyl groups is 1. The van der Waals surface area contributed by atoms with Crippen LogP contribution in [-0.4, -0.2) is 12.2 Å². The molecule has 1 unspecified atom stereocenters. The first-order chi connectivity index (χ1) is 9.11. The van der Waals surface area contributed by atoms with Crippen molar-refractivity contribution in [3.63, 3.8) is 0 Å². The Morgan fingerprint density at radius 2 is 1.89 bits per heavy atom. The monoisotopic (exact) mass is 280 g/mol. The molecule has 4 heteroatoms. The van der Waals surface area contributed by atoms with Crippen LogP contribution >= 0.6 is 11.6 Å². The molecule has 1 atom stereocenters. The summed E-state index contributed by atoms with van der Waals surface area (Å²) in [6, 6.07) is 11.5. The second-order valence-electron chi connectivity index (χ2n) is 4.19. The Bertz CT molecular complexity index is 534. The molecule has 0 amide bonds. The fourth-order valence-corrected chi connectivity index (χ4v) is 2.10. The molecule has 0 saturated heterocycles. The maximum Gasteiger partial charge on any atom is 0.127 e. The van der Waals surface area contributed by atoms with E-state index >= 15 is 0 Å². The van der Waals surface area contributed by atoms with Gasteiger partial charge in [-0.25, -0.2) is 4.39 Å². The third-order valence-corrected chi connectivity index (χ3v) is 3.31. The molecule has 0 aliphatic carbocycles. The minimum absolute atomic E-state index is 0.137. The maximum absolute atomic E-state index is 13.6. The van der Waals surface area contributed by atoms with Gasteiger partial charge in [0, 0.05) is 17.0 Å². The van der Waals surface area contributed by atoms with Crippen molar-refractivity contribution in [2.45, 2.75) is 12.5 Å². The van der Waals surface area contributed by atoms with E-state index in [2.05, 4.69) is 0 Å². The molecule has 0 aliphatic heterocycles. The van der Waals surface area contributed by atoms with Crippen LogP contribution in [0.4, 0.5) is 4.39 Å². The van der Waals surface area contributed by atoms with Gasteiger partial charge in [-0.3, -0.25) is 0 Å². The molecule has 0 aliphatic rings. The SMILES string of the molecule is COc1ccc(C(O)Cc2c(F)cccc2Cl)cc1. The van der Waals surface area contributed by atoms with E-state index in [0.29, 0.717) is 21.9 Å². The quantitative estimate of drug-likeness (QED) is 0.924. The number of hydrogen-bond donors (Lipinski definition) is 1. The average Bonchev–Trinajstić information content (AvgIpc) is 2.43. The number of halogens is 2. The predicted molar refractivity (Wildman–Crippen MR) is 73.1 cm³/mol. The van der Waals surface area contributed by atoms with E-state index in [4.69, 9.17) is 16.3 Å². The highest BCUT2D eigenvalue weighted by atomic mass is 35.5. The van der Waals surface area contributed by atoms with Crippen molar-refractivity contribution >= 4 is 11.6 Å². The molecule has 2 nitrogen and oxygen atoms in total. The topological polar surface area (TPSA) is 29.5 Å². The van der Waals surface area contributed by atoms with Crippen LogP contribution in [0.1, 0.15) is 17.2 Å². The fraction of sp³-hybridized carbons (Fsp3) is 0.200. The van der Waals surface area contributed by atoms with E-state index in [9.17, 15) is 9.50 Å². The number of aliphatic hydroxyl groups excluding tert-OH is 1. The molecule has 0 saturated carbocycles. The van der Waals surface area contributed by atoms with Gasteiger partial charge in [-0.15, -0.1) is 0 Å². The molecule has 2 aromatic rings. The van der Waals surface area contributed by atoms with E-state index in [-0.39, 0.29) is 6.42 Å². The van der Waals surface area contributed by atoms with Crippen LogP contribution in [0.3, 0.4) is 0 Å². The molecule has 0 heterocycles. The van der Waals surface area contributed by atoms with Gasteiger partial charge in [-0.1, -0.05) is 29.8 Å². The third-order valence-electron chi connectivity index (χ3n) is 2.96. The van der Waals surface area contributed by atoms with Gasteiger partial charge >= 0.3 is 0 Å². The number of benzene rings is 2. The van der Waals surface area contributed by atoms with Gasteiger partial charge in [0.05, 0.1) is 13.2 Å². The normalized spacial score (nSPS) is 12.2. The molecule has 0 fully saturated rings. The molecule has 0 aromatic heterocycles. The summed E-state index contributed by atoms with van der Waals surface area (Å²) in [6.45, 7) is 0. The molecule has 2 rings (SSSR count). The zero-order valence-corrected chi connectivity index (χ0v) is 11.2. The Morgan fingerprint density at radius 1 is 1.21 bits per heavy atom. The average molecular weight is 281 g/mol. The Balaban J connectivity index is 2.18. The number of rotatable bonds is 4. The Morgan fingerprint density at radius 3 is 2.47 bits per heavy atom. The Hall–Kier alpha value is -1.58. The van der Waals surface area contributed by atoms with E-state index in [0.717, 1.165) is 0 Å². The van der Waals surface area contributed by atoms with Gasteiger partial charge in [-0.05, 0) is 29.8 Å². The lowest BCUT2D eigenvalue weighted by atomic mass is 10.0. The van der Waals surface area contributed by atoms with E-state index < -0.39 is 11.9 Å². The van der Waals surface area contributed by atoms with Crippen LogP contribution in [0.25, 0.3) is 0 Å². The van der Waals surface area contributed by atoms with Crippen LogP contribution in [0.15, 0.2) is 42.5 Å². The van der Waals surface area contributed by atoms with Crippen molar-refractivity contribution in [3.05, 3.63) is 64.4 Å². The standard InChI is InChI=1S/C15H14ClFO2/c1-19-11-7-5-10(6-8-11)15(18)9-12-13(16)3-2-4-14(12)17/h2-8,15,18H,9H2,1H3. The van der Waals surface area contributed by atoms with Crippen molar-refractivity contribution in [2.75, 3.05) is 7.11 Å². The second kappa shape index (κ2) is 6.04. The number of methoxy groups -OCH3 is 1.